The van der Waals surface area contributed by atoms with E-state index in [4.69, 9.17) is 0 Å². The van der Waals surface area contributed by atoms with Crippen LogP contribution in [0.1, 0.15) is 19.8 Å². The van der Waals surface area contributed by atoms with Crippen molar-refractivity contribution in [2.75, 3.05) is 6.61 Å². The predicted molar refractivity (Wildman–Crippen MR) is 38.6 cm³/mol. The minimum absolute atomic E-state index is 0. The standard InChI is InChI=1S/C7H12O2.FH/c1-3-5-6-9-7(8)4-2;/h4H,2-3,5-6H2,1H3;1H. The number of esters is 1. The molecule has 3 heteroatoms. The first-order valence-corrected chi connectivity index (χ1v) is 3.10. The number of ether oxygens (including phenoxy) is 1. The molecular formula is C7H13FO2. The summed E-state index contributed by atoms with van der Waals surface area (Å²) in [5, 5.41) is 0. The molecule has 0 radical (unpaired) electrons. The highest BCUT2D eigenvalue weighted by Gasteiger charge is 1.91. The molecule has 0 aliphatic heterocycles. The maximum atomic E-state index is 10.3. The smallest absolute Gasteiger partial charge is 0.330 e. The molecule has 0 aromatic heterocycles. The van der Waals surface area contributed by atoms with Gasteiger partial charge in [0.1, 0.15) is 0 Å². The summed E-state index contributed by atoms with van der Waals surface area (Å²) in [7, 11) is 0. The largest absolute Gasteiger partial charge is 0.463 e. The first-order chi connectivity index (χ1) is 4.31. The third-order valence-electron chi connectivity index (χ3n) is 0.909. The molecule has 0 N–H and O–H groups in total. The lowest BCUT2D eigenvalue weighted by molar-refractivity contribution is -0.137. The molecule has 0 aliphatic carbocycles. The Morgan fingerprint density at radius 1 is 1.70 bits per heavy atom. The first-order valence-electron chi connectivity index (χ1n) is 3.10. The normalized spacial score (nSPS) is 7.70. The van der Waals surface area contributed by atoms with Gasteiger partial charge < -0.3 is 4.74 Å². The zero-order valence-corrected chi connectivity index (χ0v) is 6.13. The Labute approximate surface area is 60.2 Å². The molecule has 0 unspecified atom stereocenters. The maximum Gasteiger partial charge on any atom is 0.330 e. The van der Waals surface area contributed by atoms with Crippen LogP contribution in [-0.2, 0) is 9.53 Å². The van der Waals surface area contributed by atoms with Crippen molar-refractivity contribution >= 4 is 5.97 Å². The predicted octanol–water partition coefficient (Wildman–Crippen LogP) is 1.67. The van der Waals surface area contributed by atoms with Crippen LogP contribution in [0.15, 0.2) is 12.7 Å². The fraction of sp³-hybridized carbons (Fsp3) is 0.571. The topological polar surface area (TPSA) is 26.3 Å². The van der Waals surface area contributed by atoms with Crippen LogP contribution < -0.4 is 0 Å². The Hall–Kier alpha value is -0.860. The average molecular weight is 148 g/mol. The van der Waals surface area contributed by atoms with Gasteiger partial charge in [0.2, 0.25) is 0 Å². The van der Waals surface area contributed by atoms with Gasteiger partial charge in [-0.25, -0.2) is 4.79 Å². The quantitative estimate of drug-likeness (QED) is 0.344. The fourth-order valence-corrected chi connectivity index (χ4v) is 0.376. The molecule has 0 saturated heterocycles. The third-order valence-corrected chi connectivity index (χ3v) is 0.909. The van der Waals surface area contributed by atoms with Crippen LogP contribution in [-0.4, -0.2) is 12.6 Å². The average Bonchev–Trinajstić information content (AvgIpc) is 1.89. The van der Waals surface area contributed by atoms with E-state index in [9.17, 15) is 4.79 Å². The maximum absolute atomic E-state index is 10.3. The van der Waals surface area contributed by atoms with Gasteiger partial charge in [0.25, 0.3) is 0 Å². The summed E-state index contributed by atoms with van der Waals surface area (Å²) < 4.78 is 4.67. The Balaban J connectivity index is 0. The number of hydrogen-bond acceptors (Lipinski definition) is 2. The molecule has 0 saturated carbocycles. The van der Waals surface area contributed by atoms with Crippen molar-refractivity contribution < 1.29 is 14.2 Å². The second kappa shape index (κ2) is 8.14. The van der Waals surface area contributed by atoms with E-state index in [0.717, 1.165) is 12.8 Å². The number of carbonyl (C=O) groups is 1. The highest BCUT2D eigenvalue weighted by atomic mass is 19.0. The van der Waals surface area contributed by atoms with Gasteiger partial charge in [-0.05, 0) is 6.42 Å². The van der Waals surface area contributed by atoms with E-state index in [1.807, 2.05) is 6.92 Å². The monoisotopic (exact) mass is 148 g/mol. The SMILES string of the molecule is C=CC(=O)OCCCC.F. The summed E-state index contributed by atoms with van der Waals surface area (Å²) in [6.07, 6.45) is 3.15. The summed E-state index contributed by atoms with van der Waals surface area (Å²) in [5.41, 5.74) is 0. The fourth-order valence-electron chi connectivity index (χ4n) is 0.376. The van der Waals surface area contributed by atoms with E-state index in [-0.39, 0.29) is 10.7 Å². The molecule has 0 fully saturated rings. The zero-order chi connectivity index (χ0) is 7.11. The molecule has 10 heavy (non-hydrogen) atoms. The van der Waals surface area contributed by atoms with Crippen LogP contribution in [0, 0.1) is 0 Å². The van der Waals surface area contributed by atoms with Crippen molar-refractivity contribution in [3.63, 3.8) is 0 Å². The van der Waals surface area contributed by atoms with Crippen molar-refractivity contribution in [3.8, 4) is 0 Å². The Bertz CT molecular complexity index is 102. The molecule has 0 amide bonds. The molecule has 0 rings (SSSR count). The van der Waals surface area contributed by atoms with Crippen LogP contribution in [0.25, 0.3) is 0 Å². The highest BCUT2D eigenvalue weighted by Crippen LogP contribution is 1.88. The van der Waals surface area contributed by atoms with Crippen molar-refractivity contribution in [1.29, 1.82) is 0 Å². The molecule has 0 aromatic carbocycles. The van der Waals surface area contributed by atoms with Crippen LogP contribution in [0.3, 0.4) is 0 Å². The molecule has 0 aromatic rings. The number of hydrogen-bond donors (Lipinski definition) is 0. The van der Waals surface area contributed by atoms with Gasteiger partial charge in [0, 0.05) is 6.08 Å². The van der Waals surface area contributed by atoms with Gasteiger partial charge >= 0.3 is 5.97 Å². The summed E-state index contributed by atoms with van der Waals surface area (Å²) in [6.45, 7) is 5.82. The van der Waals surface area contributed by atoms with Crippen molar-refractivity contribution in [2.45, 2.75) is 19.8 Å². The summed E-state index contributed by atoms with van der Waals surface area (Å²) in [6, 6.07) is 0. The van der Waals surface area contributed by atoms with Crippen LogP contribution >= 0.6 is 0 Å². The van der Waals surface area contributed by atoms with E-state index in [1.54, 1.807) is 0 Å². The zero-order valence-electron chi connectivity index (χ0n) is 6.13. The van der Waals surface area contributed by atoms with Crippen molar-refractivity contribution in [3.05, 3.63) is 12.7 Å². The van der Waals surface area contributed by atoms with Gasteiger partial charge in [-0.3, -0.25) is 4.70 Å². The summed E-state index contributed by atoms with van der Waals surface area (Å²) >= 11 is 0. The Morgan fingerprint density at radius 2 is 2.30 bits per heavy atom. The second-order valence-electron chi connectivity index (χ2n) is 1.73. The van der Waals surface area contributed by atoms with Crippen molar-refractivity contribution in [2.24, 2.45) is 0 Å². The van der Waals surface area contributed by atoms with E-state index in [0.29, 0.717) is 6.61 Å². The second-order valence-corrected chi connectivity index (χ2v) is 1.73. The molecule has 0 heterocycles. The lowest BCUT2D eigenvalue weighted by Gasteiger charge is -1.97. The Kier molecular flexibility index (Phi) is 9.67. The van der Waals surface area contributed by atoms with E-state index < -0.39 is 0 Å². The third kappa shape index (κ3) is 7.14. The van der Waals surface area contributed by atoms with Gasteiger partial charge in [0.05, 0.1) is 6.61 Å². The van der Waals surface area contributed by atoms with E-state index in [1.165, 1.54) is 6.08 Å². The molecule has 60 valence electrons. The number of unbranched alkanes of at least 4 members (excludes halogenated alkanes) is 1. The molecule has 0 atom stereocenters. The lowest BCUT2D eigenvalue weighted by Crippen LogP contribution is -2.00. The van der Waals surface area contributed by atoms with Gasteiger partial charge in [-0.15, -0.1) is 0 Å². The van der Waals surface area contributed by atoms with Gasteiger partial charge in [-0.1, -0.05) is 19.9 Å². The molecule has 0 aliphatic rings. The number of carbonyl (C=O) groups excluding carboxylic acids is 1. The van der Waals surface area contributed by atoms with Crippen LogP contribution in [0.2, 0.25) is 0 Å². The van der Waals surface area contributed by atoms with Crippen LogP contribution in [0.5, 0.6) is 0 Å². The minimum atomic E-state index is -0.330. The molecular weight excluding hydrogens is 135 g/mol. The van der Waals surface area contributed by atoms with E-state index >= 15 is 0 Å². The molecule has 0 spiro atoms. The number of rotatable bonds is 4. The first kappa shape index (κ1) is 11.9. The van der Waals surface area contributed by atoms with Gasteiger partial charge in [0.15, 0.2) is 0 Å². The lowest BCUT2D eigenvalue weighted by atomic mass is 10.4. The molecule has 0 bridgehead atoms. The van der Waals surface area contributed by atoms with E-state index in [2.05, 4.69) is 11.3 Å². The number of halogens is 1. The van der Waals surface area contributed by atoms with Crippen LogP contribution in [0.4, 0.5) is 4.70 Å². The highest BCUT2D eigenvalue weighted by molar-refractivity contribution is 5.81. The van der Waals surface area contributed by atoms with Crippen molar-refractivity contribution in [1.82, 2.24) is 0 Å². The summed E-state index contributed by atoms with van der Waals surface area (Å²) in [4.78, 5) is 10.3. The summed E-state index contributed by atoms with van der Waals surface area (Å²) in [5.74, 6) is -0.330. The minimum Gasteiger partial charge on any atom is -0.463 e. The molecule has 2 nitrogen and oxygen atoms in total. The van der Waals surface area contributed by atoms with Gasteiger partial charge in [-0.2, -0.15) is 0 Å². The Morgan fingerprint density at radius 3 is 2.70 bits per heavy atom.